The van der Waals surface area contributed by atoms with Crippen LogP contribution in [0.15, 0.2) is 10.5 Å². The molecule has 3 amide bonds. The molecule has 2 fully saturated rings. The van der Waals surface area contributed by atoms with Crippen LogP contribution in [-0.2, 0) is 25.7 Å². The zero-order chi connectivity index (χ0) is 25.2. The van der Waals surface area contributed by atoms with Gasteiger partial charge < -0.3 is 20.6 Å². The summed E-state index contributed by atoms with van der Waals surface area (Å²) in [6.07, 6.45) is 5.68. The second-order valence-corrected chi connectivity index (χ2v) is 10.4. The number of carboxylic acid groups (broad SMARTS) is 1. The van der Waals surface area contributed by atoms with E-state index in [0.29, 0.717) is 11.6 Å². The third-order valence-corrected chi connectivity index (χ3v) is 8.84. The molecule has 2 aliphatic heterocycles. The van der Waals surface area contributed by atoms with Crippen LogP contribution in [0, 0.1) is 17.8 Å². The Kier molecular flexibility index (Phi) is 7.05. The first kappa shape index (κ1) is 24.6. The zero-order valence-corrected chi connectivity index (χ0v) is 20.1. The van der Waals surface area contributed by atoms with Gasteiger partial charge in [-0.1, -0.05) is 17.7 Å². The monoisotopic (exact) mass is 536 g/mol. The normalized spacial score (nSPS) is 22.9. The molecule has 3 atom stereocenters. The summed E-state index contributed by atoms with van der Waals surface area (Å²) in [5.41, 5.74) is -1.44. The second-order valence-electron chi connectivity index (χ2n) is 7.45. The van der Waals surface area contributed by atoms with E-state index < -0.39 is 40.4 Å². The van der Waals surface area contributed by atoms with Gasteiger partial charge in [-0.3, -0.25) is 24.0 Å². The lowest BCUT2D eigenvalue weighted by Crippen LogP contribution is -2.74. The zero-order valence-electron chi connectivity index (χ0n) is 17.6. The molecule has 0 aliphatic carbocycles. The number of carboxylic acids is 1. The number of terminal acetylenes is 1. The van der Waals surface area contributed by atoms with Gasteiger partial charge in [0.05, 0.1) is 0 Å². The van der Waals surface area contributed by atoms with E-state index in [0.717, 1.165) is 23.1 Å². The number of hydrogen-bond donors (Lipinski definition) is 3. The molecular weight excluding hydrogens is 520 g/mol. The van der Waals surface area contributed by atoms with Crippen LogP contribution in [0.5, 0.6) is 0 Å². The summed E-state index contributed by atoms with van der Waals surface area (Å²) in [5.74, 6) is -0.873. The Morgan fingerprint density at radius 1 is 1.43 bits per heavy atom. The van der Waals surface area contributed by atoms with Crippen molar-refractivity contribution in [1.29, 1.82) is 0 Å². The number of ketones is 1. The SMILES string of the molecule is C#CCn1nnnc1SCC1(C(=O)O)CS[C@@H]2C(NC(=O)C(=O)c3csc(NC=O)n3)C(=O)N2C1. The number of thioether (sulfide) groups is 2. The standard InChI is InChI=1S/C18H16N8O6S3/c1-2-3-26-17(22-23-24-26)35-7-18(15(31)32)5-25-13(30)10(14(25)34-6-18)21-12(29)11(28)9-4-33-16(20-9)19-8-27/h1,4,8,10,14H,3,5-7H2,(H,21,29)(H,31,32)(H,19,20,27)/t10?,14-,18?/m1/s1. The number of carbonyl (C=O) groups excluding carboxylic acids is 4. The fraction of sp³-hybridized carbons (Fsp3) is 0.389. The third kappa shape index (κ3) is 4.72. The van der Waals surface area contributed by atoms with Gasteiger partial charge in [0.15, 0.2) is 5.13 Å². The number of rotatable bonds is 10. The van der Waals surface area contributed by atoms with Crippen LogP contribution < -0.4 is 10.6 Å². The number of nitrogens with zero attached hydrogens (tertiary/aromatic N) is 6. The summed E-state index contributed by atoms with van der Waals surface area (Å²) in [4.78, 5) is 65.3. The Hall–Kier alpha value is -3.49. The van der Waals surface area contributed by atoms with E-state index in [2.05, 4.69) is 37.1 Å². The van der Waals surface area contributed by atoms with Crippen LogP contribution in [-0.4, -0.2) is 94.6 Å². The second kappa shape index (κ2) is 10.0. The fourth-order valence-electron chi connectivity index (χ4n) is 3.41. The number of amides is 3. The van der Waals surface area contributed by atoms with Gasteiger partial charge in [0, 0.05) is 23.4 Å². The molecule has 2 saturated heterocycles. The first-order chi connectivity index (χ1) is 16.8. The minimum Gasteiger partial charge on any atom is -0.481 e. The van der Waals surface area contributed by atoms with Crippen molar-refractivity contribution in [3.05, 3.63) is 11.1 Å². The van der Waals surface area contributed by atoms with E-state index in [1.54, 1.807) is 0 Å². The first-order valence-electron chi connectivity index (χ1n) is 9.78. The van der Waals surface area contributed by atoms with E-state index in [-0.39, 0.29) is 35.4 Å². The number of Topliss-reactive ketones (excluding diaryl/α,β-unsaturated/α-hetero) is 1. The van der Waals surface area contributed by atoms with Crippen LogP contribution in [0.4, 0.5) is 5.13 Å². The molecule has 3 N–H and O–H groups in total. The number of anilines is 1. The molecule has 2 unspecified atom stereocenters. The van der Waals surface area contributed by atoms with E-state index in [1.165, 1.54) is 26.7 Å². The average molecular weight is 537 g/mol. The van der Waals surface area contributed by atoms with E-state index >= 15 is 0 Å². The Balaban J connectivity index is 1.38. The largest absolute Gasteiger partial charge is 0.481 e. The molecule has 0 bridgehead atoms. The predicted octanol–water partition coefficient (Wildman–Crippen LogP) is -1.22. The van der Waals surface area contributed by atoms with Gasteiger partial charge in [0.1, 0.15) is 29.1 Å². The number of aromatic nitrogens is 5. The summed E-state index contributed by atoms with van der Waals surface area (Å²) in [5, 5.41) is 27.1. The molecule has 0 aromatic carbocycles. The van der Waals surface area contributed by atoms with Gasteiger partial charge in [-0.05, 0) is 10.4 Å². The van der Waals surface area contributed by atoms with Crippen molar-refractivity contribution in [2.45, 2.75) is 23.1 Å². The van der Waals surface area contributed by atoms with Crippen LogP contribution in [0.3, 0.4) is 0 Å². The lowest BCUT2D eigenvalue weighted by Gasteiger charge is -2.53. The van der Waals surface area contributed by atoms with Gasteiger partial charge in [-0.25, -0.2) is 9.67 Å². The number of tetrazole rings is 1. The van der Waals surface area contributed by atoms with E-state index in [9.17, 15) is 29.1 Å². The predicted molar refractivity (Wildman–Crippen MR) is 123 cm³/mol. The highest BCUT2D eigenvalue weighted by molar-refractivity contribution is 8.00. The van der Waals surface area contributed by atoms with Crippen LogP contribution >= 0.6 is 34.9 Å². The summed E-state index contributed by atoms with van der Waals surface area (Å²) < 4.78 is 1.37. The lowest BCUT2D eigenvalue weighted by molar-refractivity contribution is -0.157. The third-order valence-electron chi connectivity index (χ3n) is 5.23. The minimum absolute atomic E-state index is 0.0737. The van der Waals surface area contributed by atoms with E-state index in [4.69, 9.17) is 6.42 Å². The Bertz CT molecular complexity index is 1240. The smallest absolute Gasteiger partial charge is 0.313 e. The molecule has 2 aromatic heterocycles. The first-order valence-corrected chi connectivity index (χ1v) is 12.7. The maximum Gasteiger partial charge on any atom is 0.313 e. The molecule has 4 rings (SSSR count). The number of thiazole rings is 1. The molecule has 17 heteroatoms. The van der Waals surface area contributed by atoms with Crippen molar-refractivity contribution < 1.29 is 29.1 Å². The van der Waals surface area contributed by atoms with Gasteiger partial charge in [-0.2, -0.15) is 0 Å². The quantitative estimate of drug-likeness (QED) is 0.0820. The Labute approximate surface area is 209 Å². The highest BCUT2D eigenvalue weighted by Crippen LogP contribution is 2.44. The van der Waals surface area contributed by atoms with Crippen LogP contribution in [0.2, 0.25) is 0 Å². The molecule has 2 aromatic rings. The van der Waals surface area contributed by atoms with Crippen molar-refractivity contribution in [2.75, 3.05) is 23.4 Å². The van der Waals surface area contributed by atoms with Crippen molar-refractivity contribution in [3.8, 4) is 12.3 Å². The molecule has 0 saturated carbocycles. The fourth-order valence-corrected chi connectivity index (χ4v) is 6.80. The number of aliphatic carboxylic acids is 1. The van der Waals surface area contributed by atoms with Crippen LogP contribution in [0.25, 0.3) is 0 Å². The maximum absolute atomic E-state index is 12.7. The van der Waals surface area contributed by atoms with Gasteiger partial charge in [-0.15, -0.1) is 34.6 Å². The molecule has 35 heavy (non-hydrogen) atoms. The molecule has 0 radical (unpaired) electrons. The average Bonchev–Trinajstić information content (AvgIpc) is 3.50. The van der Waals surface area contributed by atoms with Crippen molar-refractivity contribution in [1.82, 2.24) is 35.4 Å². The highest BCUT2D eigenvalue weighted by Gasteiger charge is 2.57. The van der Waals surface area contributed by atoms with Gasteiger partial charge in [0.2, 0.25) is 17.5 Å². The van der Waals surface area contributed by atoms with Crippen molar-refractivity contribution >= 4 is 70.0 Å². The summed E-state index contributed by atoms with van der Waals surface area (Å²) in [6.45, 7) is 0.0580. The van der Waals surface area contributed by atoms with Gasteiger partial charge in [0.25, 0.3) is 11.7 Å². The minimum atomic E-state index is -1.28. The number of hydrogen-bond acceptors (Lipinski definition) is 12. The molecule has 4 heterocycles. The number of β-lactam (4-membered cyclic amide) rings is 1. The number of nitrogens with one attached hydrogen (secondary N) is 2. The van der Waals surface area contributed by atoms with Crippen LogP contribution in [0.1, 0.15) is 10.5 Å². The molecule has 182 valence electrons. The van der Waals surface area contributed by atoms with Gasteiger partial charge >= 0.3 is 5.97 Å². The van der Waals surface area contributed by atoms with E-state index in [1.807, 2.05) is 0 Å². The molecular formula is C18H16N8O6S3. The van der Waals surface area contributed by atoms with Crippen molar-refractivity contribution in [2.24, 2.45) is 5.41 Å². The highest BCUT2D eigenvalue weighted by atomic mass is 32.2. The summed E-state index contributed by atoms with van der Waals surface area (Å²) >= 11 is 3.30. The summed E-state index contributed by atoms with van der Waals surface area (Å²) in [7, 11) is 0. The maximum atomic E-state index is 12.7. The summed E-state index contributed by atoms with van der Waals surface area (Å²) in [6, 6.07) is -0.968. The Morgan fingerprint density at radius 2 is 2.23 bits per heavy atom. The lowest BCUT2D eigenvalue weighted by atomic mass is 9.89. The molecule has 14 nitrogen and oxygen atoms in total. The molecule has 2 aliphatic rings. The number of carbonyl (C=O) groups is 5. The topological polar surface area (TPSA) is 189 Å². The van der Waals surface area contributed by atoms with Crippen molar-refractivity contribution in [3.63, 3.8) is 0 Å². The Morgan fingerprint density at radius 3 is 2.94 bits per heavy atom. The number of fused-ring (bicyclic) bond motifs is 1. The molecule has 0 spiro atoms.